The third-order valence-electron chi connectivity index (χ3n) is 4.06. The molecule has 19 heavy (non-hydrogen) atoms. The smallest absolute Gasteiger partial charge is 0.147 e. The number of hydrogen-bond donors (Lipinski definition) is 1. The molecule has 4 atom stereocenters. The van der Waals surface area contributed by atoms with Crippen molar-refractivity contribution in [1.82, 2.24) is 14.5 Å². The molecule has 2 heterocycles. The second kappa shape index (κ2) is 4.72. The summed E-state index contributed by atoms with van der Waals surface area (Å²) in [6.07, 6.45) is 2.36. The molecule has 3 rings (SSSR count). The molecule has 102 valence electrons. The van der Waals surface area contributed by atoms with E-state index in [0.29, 0.717) is 22.6 Å². The van der Waals surface area contributed by atoms with Gasteiger partial charge in [-0.25, -0.2) is 14.4 Å². The Morgan fingerprint density at radius 1 is 1.53 bits per heavy atom. The topological polar surface area (TPSA) is 50.9 Å². The van der Waals surface area contributed by atoms with E-state index >= 15 is 0 Å². The average Bonchev–Trinajstić information content (AvgIpc) is 2.94. The molecule has 0 amide bonds. The summed E-state index contributed by atoms with van der Waals surface area (Å²) in [5.41, 5.74) is 0.622. The fraction of sp³-hybridized carbons (Fsp3) is 0.538. The molecule has 2 aromatic heterocycles. The molecule has 0 saturated heterocycles. The van der Waals surface area contributed by atoms with E-state index < -0.39 is 12.3 Å². The summed E-state index contributed by atoms with van der Waals surface area (Å²) in [6, 6.07) is 1.40. The molecule has 6 heteroatoms. The van der Waals surface area contributed by atoms with Gasteiger partial charge in [0.1, 0.15) is 23.3 Å². The summed E-state index contributed by atoms with van der Waals surface area (Å²) in [6.45, 7) is 1.97. The lowest BCUT2D eigenvalue weighted by atomic mass is 10.0. The largest absolute Gasteiger partial charge is 0.390 e. The second-order valence-electron chi connectivity index (χ2n) is 5.03. The van der Waals surface area contributed by atoms with Gasteiger partial charge in [0.05, 0.1) is 17.5 Å². The second-order valence-corrected chi connectivity index (χ2v) is 5.39. The molecule has 1 aliphatic rings. The van der Waals surface area contributed by atoms with Crippen LogP contribution < -0.4 is 0 Å². The quantitative estimate of drug-likeness (QED) is 0.862. The first-order valence-corrected chi connectivity index (χ1v) is 6.80. The molecule has 4 nitrogen and oxygen atoms in total. The fourth-order valence-corrected chi connectivity index (χ4v) is 3.14. The van der Waals surface area contributed by atoms with E-state index in [-0.39, 0.29) is 12.0 Å². The van der Waals surface area contributed by atoms with Gasteiger partial charge >= 0.3 is 0 Å². The Labute approximate surface area is 115 Å². The molecule has 0 bridgehead atoms. The molecule has 0 spiro atoms. The molecule has 0 unspecified atom stereocenters. The lowest BCUT2D eigenvalue weighted by molar-refractivity contribution is 0.0586. The Balaban J connectivity index is 2.04. The normalized spacial score (nSPS) is 31.2. The molecule has 2 aromatic rings. The maximum Gasteiger partial charge on any atom is 0.147 e. The Kier molecular flexibility index (Phi) is 3.19. The Morgan fingerprint density at radius 3 is 3.00 bits per heavy atom. The number of fused-ring (bicyclic) bond motifs is 1. The first kappa shape index (κ1) is 12.8. The lowest BCUT2D eigenvalue weighted by Gasteiger charge is -2.16. The van der Waals surface area contributed by atoms with Gasteiger partial charge in [-0.1, -0.05) is 24.9 Å². The van der Waals surface area contributed by atoms with Crippen molar-refractivity contribution >= 4 is 22.6 Å². The minimum absolute atomic E-state index is 0.00485. The van der Waals surface area contributed by atoms with E-state index in [2.05, 4.69) is 9.97 Å². The van der Waals surface area contributed by atoms with Gasteiger partial charge in [-0.2, -0.15) is 0 Å². The highest BCUT2D eigenvalue weighted by atomic mass is 35.5. The highest BCUT2D eigenvalue weighted by molar-refractivity contribution is 6.33. The summed E-state index contributed by atoms with van der Waals surface area (Å²) >= 11 is 5.99. The minimum atomic E-state index is -1.27. The van der Waals surface area contributed by atoms with Crippen molar-refractivity contribution in [1.29, 1.82) is 0 Å². The number of aliphatic hydroxyl groups excluding tert-OH is 1. The molecule has 0 aromatic carbocycles. The van der Waals surface area contributed by atoms with Crippen molar-refractivity contribution in [2.75, 3.05) is 0 Å². The standard InChI is InChI=1S/C13H15ClFN3O/c1-2-7-5-9(10(15)11(7)19)18-4-3-8-12(14)16-6-17-13(8)18/h3-4,6-7,9-11,19H,2,5H2,1H3/t7-,9+,10-,11+/m0/s1. The van der Waals surface area contributed by atoms with Crippen molar-refractivity contribution in [2.24, 2.45) is 5.92 Å². The van der Waals surface area contributed by atoms with Crippen LogP contribution in [0.5, 0.6) is 0 Å². The van der Waals surface area contributed by atoms with Gasteiger partial charge < -0.3 is 9.67 Å². The first-order chi connectivity index (χ1) is 9.13. The van der Waals surface area contributed by atoms with Crippen LogP contribution in [0.1, 0.15) is 25.8 Å². The van der Waals surface area contributed by atoms with Crippen LogP contribution in [-0.4, -0.2) is 31.9 Å². The Hall–Kier alpha value is -1.20. The molecule has 1 aliphatic carbocycles. The molecule has 0 radical (unpaired) electrons. The van der Waals surface area contributed by atoms with Crippen LogP contribution in [-0.2, 0) is 0 Å². The number of nitrogens with zero attached hydrogens (tertiary/aromatic N) is 3. The van der Waals surface area contributed by atoms with Gasteiger partial charge in [-0.05, 0) is 18.4 Å². The molecule has 0 aliphatic heterocycles. The van der Waals surface area contributed by atoms with E-state index in [1.54, 1.807) is 16.8 Å². The molecule has 1 saturated carbocycles. The first-order valence-electron chi connectivity index (χ1n) is 6.42. The van der Waals surface area contributed by atoms with Crippen molar-refractivity contribution < 1.29 is 9.50 Å². The zero-order valence-electron chi connectivity index (χ0n) is 10.5. The molecular weight excluding hydrogens is 269 g/mol. The van der Waals surface area contributed by atoms with Crippen LogP contribution in [0, 0.1) is 5.92 Å². The van der Waals surface area contributed by atoms with Gasteiger partial charge in [0.25, 0.3) is 0 Å². The van der Waals surface area contributed by atoms with E-state index in [9.17, 15) is 9.50 Å². The van der Waals surface area contributed by atoms with Crippen LogP contribution in [0.25, 0.3) is 11.0 Å². The predicted octanol–water partition coefficient (Wildman–Crippen LogP) is 2.75. The molecular formula is C13H15ClFN3O. The van der Waals surface area contributed by atoms with E-state index in [1.165, 1.54) is 6.33 Å². The van der Waals surface area contributed by atoms with Gasteiger partial charge in [0, 0.05) is 6.20 Å². The summed E-state index contributed by atoms with van der Waals surface area (Å²) in [4.78, 5) is 8.09. The molecule has 1 N–H and O–H groups in total. The fourth-order valence-electron chi connectivity index (χ4n) is 2.95. The number of hydrogen-bond acceptors (Lipinski definition) is 3. The highest BCUT2D eigenvalue weighted by Crippen LogP contribution is 2.40. The predicted molar refractivity (Wildman–Crippen MR) is 70.9 cm³/mol. The molecule has 1 fully saturated rings. The SMILES string of the molecule is CC[C@H]1C[C@@H](n2ccc3c(Cl)ncnc32)[C@H](F)[C@@H]1O. The maximum absolute atomic E-state index is 14.3. The zero-order valence-corrected chi connectivity index (χ0v) is 11.3. The Bertz CT molecular complexity index is 603. The van der Waals surface area contributed by atoms with Crippen LogP contribution in [0.3, 0.4) is 0 Å². The van der Waals surface area contributed by atoms with Gasteiger partial charge in [-0.15, -0.1) is 0 Å². The van der Waals surface area contributed by atoms with Crippen molar-refractivity contribution in [3.8, 4) is 0 Å². The number of aliphatic hydroxyl groups is 1. The minimum Gasteiger partial charge on any atom is -0.390 e. The summed E-state index contributed by atoms with van der Waals surface area (Å²) in [5.74, 6) is -0.00485. The van der Waals surface area contributed by atoms with Crippen molar-refractivity contribution in [2.45, 2.75) is 38.1 Å². The van der Waals surface area contributed by atoms with Crippen LogP contribution in [0.2, 0.25) is 5.15 Å². The monoisotopic (exact) mass is 283 g/mol. The van der Waals surface area contributed by atoms with Crippen LogP contribution in [0.4, 0.5) is 4.39 Å². The van der Waals surface area contributed by atoms with E-state index in [0.717, 1.165) is 6.42 Å². The Morgan fingerprint density at radius 2 is 2.32 bits per heavy atom. The maximum atomic E-state index is 14.3. The van der Waals surface area contributed by atoms with E-state index in [1.807, 2.05) is 6.92 Å². The van der Waals surface area contributed by atoms with Crippen molar-refractivity contribution in [3.63, 3.8) is 0 Å². The summed E-state index contributed by atoms with van der Waals surface area (Å²) in [7, 11) is 0. The zero-order chi connectivity index (χ0) is 13.6. The highest BCUT2D eigenvalue weighted by Gasteiger charge is 2.43. The van der Waals surface area contributed by atoms with Gasteiger partial charge in [0.2, 0.25) is 0 Å². The lowest BCUT2D eigenvalue weighted by Crippen LogP contribution is -2.25. The average molecular weight is 284 g/mol. The van der Waals surface area contributed by atoms with Crippen LogP contribution in [0.15, 0.2) is 18.6 Å². The number of rotatable bonds is 2. The number of halogens is 2. The van der Waals surface area contributed by atoms with Gasteiger partial charge in [-0.3, -0.25) is 0 Å². The summed E-state index contributed by atoms with van der Waals surface area (Å²) in [5, 5.41) is 11.0. The number of alkyl halides is 1. The third-order valence-corrected chi connectivity index (χ3v) is 4.36. The number of aromatic nitrogens is 3. The van der Waals surface area contributed by atoms with Gasteiger partial charge in [0.15, 0.2) is 0 Å². The summed E-state index contributed by atoms with van der Waals surface area (Å²) < 4.78 is 16.0. The van der Waals surface area contributed by atoms with Crippen molar-refractivity contribution in [3.05, 3.63) is 23.7 Å². The van der Waals surface area contributed by atoms with E-state index in [4.69, 9.17) is 11.6 Å². The third kappa shape index (κ3) is 1.92. The van der Waals surface area contributed by atoms with Crippen LogP contribution >= 0.6 is 11.6 Å².